The Bertz CT molecular complexity index is 1570. The molecule has 2 amide bonds. The molecule has 2 N–H and O–H groups in total. The second-order valence-corrected chi connectivity index (χ2v) is 9.10. The van der Waals surface area contributed by atoms with Gasteiger partial charge in [0.25, 0.3) is 11.6 Å². The molecule has 4 rings (SSSR count). The Labute approximate surface area is 247 Å². The van der Waals surface area contributed by atoms with Crippen LogP contribution in [-0.2, 0) is 9.59 Å². The van der Waals surface area contributed by atoms with Gasteiger partial charge in [0, 0.05) is 12.1 Å². The molecule has 0 spiro atoms. The molecule has 0 fully saturated rings. The lowest BCUT2D eigenvalue weighted by Gasteiger charge is -2.17. The van der Waals surface area contributed by atoms with Crippen molar-refractivity contribution in [2.24, 2.45) is 5.10 Å². The van der Waals surface area contributed by atoms with Gasteiger partial charge in [0.05, 0.1) is 35.8 Å². The highest BCUT2D eigenvalue weighted by molar-refractivity contribution is 5.92. The molecule has 43 heavy (non-hydrogen) atoms. The van der Waals surface area contributed by atoms with Crippen molar-refractivity contribution in [2.45, 2.75) is 12.8 Å². The van der Waals surface area contributed by atoms with Crippen molar-refractivity contribution in [1.29, 1.82) is 0 Å². The number of non-ortho nitro benzene ring substituents is 1. The Kier molecular flexibility index (Phi) is 10.3. The van der Waals surface area contributed by atoms with Gasteiger partial charge in [0.1, 0.15) is 0 Å². The number of ether oxygens (including phenoxy) is 2. The molecule has 0 aromatic heterocycles. The fourth-order valence-electron chi connectivity index (χ4n) is 4.11. The van der Waals surface area contributed by atoms with E-state index in [-0.39, 0.29) is 41.8 Å². The smallest absolute Gasteiger partial charge is 0.343 e. The van der Waals surface area contributed by atoms with Crippen LogP contribution in [0.3, 0.4) is 0 Å². The SMILES string of the molecule is CCOc1cc(/C=N\NC(=O)CNC(=O)C(c2ccccc2)c2ccccc2)ccc1OC(=O)c1ccc([N+](=O)[O-])cc1. The van der Waals surface area contributed by atoms with E-state index in [2.05, 4.69) is 15.8 Å². The van der Waals surface area contributed by atoms with Gasteiger partial charge in [-0.25, -0.2) is 10.2 Å². The highest BCUT2D eigenvalue weighted by Crippen LogP contribution is 2.29. The van der Waals surface area contributed by atoms with Gasteiger partial charge < -0.3 is 14.8 Å². The lowest BCUT2D eigenvalue weighted by molar-refractivity contribution is -0.384. The van der Waals surface area contributed by atoms with E-state index in [1.807, 2.05) is 60.7 Å². The maximum Gasteiger partial charge on any atom is 0.343 e. The number of nitrogens with zero attached hydrogens (tertiary/aromatic N) is 2. The summed E-state index contributed by atoms with van der Waals surface area (Å²) in [6.45, 7) is 1.76. The molecular formula is C32H28N4O7. The van der Waals surface area contributed by atoms with E-state index in [0.29, 0.717) is 5.56 Å². The minimum absolute atomic E-state index is 0.132. The minimum Gasteiger partial charge on any atom is -0.490 e. The molecule has 0 saturated heterocycles. The van der Waals surface area contributed by atoms with Crippen LogP contribution >= 0.6 is 0 Å². The van der Waals surface area contributed by atoms with E-state index in [0.717, 1.165) is 11.1 Å². The van der Waals surface area contributed by atoms with E-state index < -0.39 is 22.7 Å². The summed E-state index contributed by atoms with van der Waals surface area (Å²) in [6, 6.07) is 28.3. The number of benzene rings is 4. The largest absolute Gasteiger partial charge is 0.490 e. The van der Waals surface area contributed by atoms with Gasteiger partial charge in [-0.05, 0) is 53.9 Å². The monoisotopic (exact) mass is 580 g/mol. The van der Waals surface area contributed by atoms with Crippen molar-refractivity contribution in [1.82, 2.24) is 10.7 Å². The fourth-order valence-corrected chi connectivity index (χ4v) is 4.11. The van der Waals surface area contributed by atoms with Crippen LogP contribution in [-0.4, -0.2) is 42.1 Å². The van der Waals surface area contributed by atoms with Crippen molar-refractivity contribution in [2.75, 3.05) is 13.2 Å². The van der Waals surface area contributed by atoms with Crippen molar-refractivity contribution >= 4 is 29.7 Å². The van der Waals surface area contributed by atoms with Gasteiger partial charge in [-0.3, -0.25) is 19.7 Å². The van der Waals surface area contributed by atoms with E-state index in [4.69, 9.17) is 9.47 Å². The zero-order chi connectivity index (χ0) is 30.6. The fraction of sp³-hybridized carbons (Fsp3) is 0.125. The lowest BCUT2D eigenvalue weighted by atomic mass is 9.90. The standard InChI is InChI=1S/C32H28N4O7/c1-2-42-28-19-22(13-18-27(28)43-32(39)25-14-16-26(17-15-25)36(40)41)20-34-35-29(37)21-33-31(38)30(23-9-5-3-6-10-23)24-11-7-4-8-12-24/h3-20,30H,2,21H2,1H3,(H,33,38)(H,35,37)/b34-20-. The summed E-state index contributed by atoms with van der Waals surface area (Å²) in [5.41, 5.74) is 4.51. The van der Waals surface area contributed by atoms with Crippen LogP contribution in [0.2, 0.25) is 0 Å². The second kappa shape index (κ2) is 14.7. The topological polar surface area (TPSA) is 149 Å². The summed E-state index contributed by atoms with van der Waals surface area (Å²) in [4.78, 5) is 48.3. The maximum atomic E-state index is 13.1. The lowest BCUT2D eigenvalue weighted by Crippen LogP contribution is -2.37. The van der Waals surface area contributed by atoms with Gasteiger partial charge in [0.2, 0.25) is 5.91 Å². The molecule has 11 heteroatoms. The van der Waals surface area contributed by atoms with Crippen molar-refractivity contribution in [3.05, 3.63) is 135 Å². The predicted molar refractivity (Wildman–Crippen MR) is 159 cm³/mol. The predicted octanol–water partition coefficient (Wildman–Crippen LogP) is 4.61. The van der Waals surface area contributed by atoms with E-state index >= 15 is 0 Å². The van der Waals surface area contributed by atoms with Crippen LogP contribution < -0.4 is 20.2 Å². The Morgan fingerprint density at radius 1 is 0.884 bits per heavy atom. The number of hydrogen-bond acceptors (Lipinski definition) is 8. The molecule has 4 aromatic carbocycles. The maximum absolute atomic E-state index is 13.1. The zero-order valence-electron chi connectivity index (χ0n) is 23.1. The molecule has 218 valence electrons. The summed E-state index contributed by atoms with van der Waals surface area (Å²) in [6.07, 6.45) is 1.38. The number of hydrazone groups is 1. The van der Waals surface area contributed by atoms with Gasteiger partial charge >= 0.3 is 5.97 Å². The quantitative estimate of drug-likeness (QED) is 0.0817. The Hall–Kier alpha value is -5.84. The first-order valence-electron chi connectivity index (χ1n) is 13.3. The summed E-state index contributed by atoms with van der Waals surface area (Å²) in [5, 5.41) is 17.5. The molecule has 11 nitrogen and oxygen atoms in total. The first-order valence-corrected chi connectivity index (χ1v) is 13.3. The number of hydrogen-bond donors (Lipinski definition) is 2. The number of carbonyl (C=O) groups excluding carboxylic acids is 3. The summed E-state index contributed by atoms with van der Waals surface area (Å²) in [5.74, 6) is -1.74. The number of nitro benzene ring substituents is 1. The minimum atomic E-state index is -0.714. The highest BCUT2D eigenvalue weighted by atomic mass is 16.6. The number of carbonyl (C=O) groups is 3. The first kappa shape index (κ1) is 30.1. The summed E-state index contributed by atoms with van der Waals surface area (Å²) < 4.78 is 11.0. The van der Waals surface area contributed by atoms with Crippen LogP contribution in [0.5, 0.6) is 11.5 Å². The van der Waals surface area contributed by atoms with Crippen molar-refractivity contribution in [3.8, 4) is 11.5 Å². The third-order valence-electron chi connectivity index (χ3n) is 6.14. The molecule has 0 aliphatic rings. The second-order valence-electron chi connectivity index (χ2n) is 9.10. The number of nitro groups is 1. The van der Waals surface area contributed by atoms with Crippen LogP contribution in [0.4, 0.5) is 5.69 Å². The van der Waals surface area contributed by atoms with Crippen LogP contribution in [0.15, 0.2) is 108 Å². The van der Waals surface area contributed by atoms with Crippen molar-refractivity contribution in [3.63, 3.8) is 0 Å². The van der Waals surface area contributed by atoms with Crippen molar-refractivity contribution < 1.29 is 28.8 Å². The number of esters is 1. The molecule has 0 unspecified atom stereocenters. The van der Waals surface area contributed by atoms with Gasteiger partial charge in [-0.15, -0.1) is 0 Å². The summed E-state index contributed by atoms with van der Waals surface area (Å²) >= 11 is 0. The average Bonchev–Trinajstić information content (AvgIpc) is 3.02. The Morgan fingerprint density at radius 3 is 2.09 bits per heavy atom. The molecule has 0 bridgehead atoms. The van der Waals surface area contributed by atoms with E-state index in [9.17, 15) is 24.5 Å². The summed E-state index contributed by atoms with van der Waals surface area (Å²) in [7, 11) is 0. The molecule has 4 aromatic rings. The Balaban J connectivity index is 1.35. The van der Waals surface area contributed by atoms with Crippen LogP contribution in [0, 0.1) is 10.1 Å². The van der Waals surface area contributed by atoms with Gasteiger partial charge in [0.15, 0.2) is 11.5 Å². The van der Waals surface area contributed by atoms with Gasteiger partial charge in [-0.1, -0.05) is 60.7 Å². The normalized spacial score (nSPS) is 10.7. The molecule has 0 saturated carbocycles. The van der Waals surface area contributed by atoms with Gasteiger partial charge in [-0.2, -0.15) is 5.10 Å². The number of rotatable bonds is 12. The molecule has 0 heterocycles. The number of amides is 2. The first-order chi connectivity index (χ1) is 20.9. The molecule has 0 aliphatic carbocycles. The van der Waals surface area contributed by atoms with E-state index in [1.54, 1.807) is 19.1 Å². The highest BCUT2D eigenvalue weighted by Gasteiger charge is 2.23. The number of nitrogens with one attached hydrogen (secondary N) is 2. The molecule has 0 radical (unpaired) electrons. The Morgan fingerprint density at radius 2 is 1.51 bits per heavy atom. The molecular weight excluding hydrogens is 552 g/mol. The average molecular weight is 581 g/mol. The molecule has 0 atom stereocenters. The zero-order valence-corrected chi connectivity index (χ0v) is 23.1. The van der Waals surface area contributed by atoms with Crippen LogP contribution in [0.25, 0.3) is 0 Å². The molecule has 0 aliphatic heterocycles. The van der Waals surface area contributed by atoms with Crippen LogP contribution in [0.1, 0.15) is 39.9 Å². The third-order valence-corrected chi connectivity index (χ3v) is 6.14. The van der Waals surface area contributed by atoms with E-state index in [1.165, 1.54) is 36.5 Å². The third kappa shape index (κ3) is 8.33.